The van der Waals surface area contributed by atoms with Crippen LogP contribution in [0.1, 0.15) is 31.2 Å². The highest BCUT2D eigenvalue weighted by Gasteiger charge is 2.23. The molecule has 0 radical (unpaired) electrons. The molecular weight excluding hydrogens is 232 g/mol. The molecule has 0 atom stereocenters. The summed E-state index contributed by atoms with van der Waals surface area (Å²) >= 11 is 6.17. The monoisotopic (exact) mass is 252 g/mol. The lowest BCUT2D eigenvalue weighted by atomic mass is 9.90. The highest BCUT2D eigenvalue weighted by Crippen LogP contribution is 2.30. The van der Waals surface area contributed by atoms with Crippen LogP contribution in [0.5, 0.6) is 0 Å². The van der Waals surface area contributed by atoms with Gasteiger partial charge in [0.15, 0.2) is 0 Å². The van der Waals surface area contributed by atoms with Gasteiger partial charge in [0.2, 0.25) is 0 Å². The summed E-state index contributed by atoms with van der Waals surface area (Å²) in [6.07, 6.45) is 4.64. The minimum absolute atomic E-state index is 0.403. The molecule has 1 aliphatic carbocycles. The molecule has 1 aromatic rings. The molecule has 0 aromatic heterocycles. The smallest absolute Gasteiger partial charge is 0.0455 e. The Labute approximate surface area is 109 Å². The van der Waals surface area contributed by atoms with E-state index in [2.05, 4.69) is 24.9 Å². The van der Waals surface area contributed by atoms with Gasteiger partial charge in [-0.3, -0.25) is 0 Å². The van der Waals surface area contributed by atoms with Crippen LogP contribution in [-0.4, -0.2) is 19.1 Å². The predicted molar refractivity (Wildman–Crippen MR) is 74.8 cm³/mol. The van der Waals surface area contributed by atoms with E-state index in [4.69, 9.17) is 17.3 Å². The fraction of sp³-hybridized carbons (Fsp3) is 0.571. The second kappa shape index (κ2) is 5.28. The Hall–Kier alpha value is -0.730. The van der Waals surface area contributed by atoms with Crippen molar-refractivity contribution in [2.24, 2.45) is 5.73 Å². The van der Waals surface area contributed by atoms with Crippen LogP contribution < -0.4 is 10.6 Å². The number of nitrogens with zero attached hydrogens (tertiary/aromatic N) is 1. The van der Waals surface area contributed by atoms with E-state index in [1.165, 1.54) is 24.1 Å². The van der Waals surface area contributed by atoms with Crippen molar-refractivity contribution in [2.75, 3.05) is 11.9 Å². The van der Waals surface area contributed by atoms with Crippen LogP contribution >= 0.6 is 11.6 Å². The summed E-state index contributed by atoms with van der Waals surface area (Å²) in [5.41, 5.74) is 8.37. The zero-order valence-corrected chi connectivity index (χ0v) is 11.4. The van der Waals surface area contributed by atoms with Crippen LogP contribution in [-0.2, 0) is 0 Å². The maximum atomic E-state index is 6.17. The molecule has 0 bridgehead atoms. The summed E-state index contributed by atoms with van der Waals surface area (Å²) in [5.74, 6) is 0. The van der Waals surface area contributed by atoms with E-state index >= 15 is 0 Å². The van der Waals surface area contributed by atoms with Crippen LogP contribution in [0.3, 0.4) is 0 Å². The van der Waals surface area contributed by atoms with E-state index in [9.17, 15) is 0 Å². The molecule has 3 heteroatoms. The van der Waals surface area contributed by atoms with Gasteiger partial charge in [0.1, 0.15) is 0 Å². The summed E-state index contributed by atoms with van der Waals surface area (Å²) in [6.45, 7) is 2.09. The van der Waals surface area contributed by atoms with Crippen molar-refractivity contribution in [3.05, 3.63) is 28.8 Å². The lowest BCUT2D eigenvalue weighted by molar-refractivity contribution is 0.385. The molecule has 1 saturated carbocycles. The lowest BCUT2D eigenvalue weighted by Gasteiger charge is -2.35. The third kappa shape index (κ3) is 2.75. The first-order valence-corrected chi connectivity index (χ1v) is 6.71. The minimum Gasteiger partial charge on any atom is -0.371 e. The molecule has 2 N–H and O–H groups in total. The quantitative estimate of drug-likeness (QED) is 0.875. The molecule has 1 aliphatic rings. The number of anilines is 1. The van der Waals surface area contributed by atoms with Crippen LogP contribution in [0.25, 0.3) is 0 Å². The van der Waals surface area contributed by atoms with Crippen molar-refractivity contribution >= 4 is 17.3 Å². The standard InChI is InChI=1S/C14H21ClN2/c1-10-13(15)4-3-5-14(10)17(2)12-8-6-11(16)7-9-12/h3-5,11-12H,6-9,16H2,1-2H3. The predicted octanol–water partition coefficient (Wildman–Crippen LogP) is 3.35. The summed E-state index contributed by atoms with van der Waals surface area (Å²) in [7, 11) is 2.17. The van der Waals surface area contributed by atoms with Crippen LogP contribution in [0.15, 0.2) is 18.2 Å². The molecular formula is C14H21ClN2. The summed E-state index contributed by atoms with van der Waals surface area (Å²) < 4.78 is 0. The average molecular weight is 253 g/mol. The Kier molecular flexibility index (Phi) is 3.95. The molecule has 1 aromatic carbocycles. The van der Waals surface area contributed by atoms with Gasteiger partial charge in [0, 0.05) is 29.8 Å². The summed E-state index contributed by atoms with van der Waals surface area (Å²) in [5, 5.41) is 0.849. The Morgan fingerprint density at radius 1 is 1.24 bits per heavy atom. The number of hydrogen-bond donors (Lipinski definition) is 1. The van der Waals surface area contributed by atoms with E-state index in [1.54, 1.807) is 0 Å². The van der Waals surface area contributed by atoms with Gasteiger partial charge in [-0.05, 0) is 50.3 Å². The Morgan fingerprint density at radius 2 is 1.88 bits per heavy atom. The van der Waals surface area contributed by atoms with Crippen LogP contribution in [0, 0.1) is 6.92 Å². The topological polar surface area (TPSA) is 29.3 Å². The molecule has 0 saturated heterocycles. The maximum Gasteiger partial charge on any atom is 0.0455 e. The second-order valence-electron chi connectivity index (χ2n) is 5.06. The molecule has 0 unspecified atom stereocenters. The van der Waals surface area contributed by atoms with Gasteiger partial charge in [0.05, 0.1) is 0 Å². The normalized spacial score (nSPS) is 24.7. The number of rotatable bonds is 2. The zero-order chi connectivity index (χ0) is 12.4. The number of halogens is 1. The van der Waals surface area contributed by atoms with E-state index in [0.29, 0.717) is 12.1 Å². The van der Waals surface area contributed by atoms with Gasteiger partial charge in [0.25, 0.3) is 0 Å². The molecule has 17 heavy (non-hydrogen) atoms. The zero-order valence-electron chi connectivity index (χ0n) is 10.6. The molecule has 1 fully saturated rings. The number of nitrogens with two attached hydrogens (primary N) is 1. The Bertz CT molecular complexity index is 384. The van der Waals surface area contributed by atoms with Crippen molar-refractivity contribution in [3.63, 3.8) is 0 Å². The highest BCUT2D eigenvalue weighted by atomic mass is 35.5. The molecule has 0 aliphatic heterocycles. The summed E-state index contributed by atoms with van der Waals surface area (Å²) in [6, 6.07) is 7.13. The van der Waals surface area contributed by atoms with Crippen LogP contribution in [0.4, 0.5) is 5.69 Å². The van der Waals surface area contributed by atoms with Gasteiger partial charge in [-0.1, -0.05) is 17.7 Å². The van der Waals surface area contributed by atoms with Gasteiger partial charge < -0.3 is 10.6 Å². The van der Waals surface area contributed by atoms with Crippen molar-refractivity contribution in [1.29, 1.82) is 0 Å². The van der Waals surface area contributed by atoms with Gasteiger partial charge in [-0.2, -0.15) is 0 Å². The lowest BCUT2D eigenvalue weighted by Crippen LogP contribution is -2.39. The average Bonchev–Trinajstić information content (AvgIpc) is 2.33. The molecule has 94 valence electrons. The van der Waals surface area contributed by atoms with E-state index in [0.717, 1.165) is 17.9 Å². The Balaban J connectivity index is 2.14. The molecule has 0 heterocycles. The van der Waals surface area contributed by atoms with Crippen molar-refractivity contribution in [2.45, 2.75) is 44.7 Å². The van der Waals surface area contributed by atoms with E-state index in [-0.39, 0.29) is 0 Å². The van der Waals surface area contributed by atoms with Gasteiger partial charge in [-0.25, -0.2) is 0 Å². The second-order valence-corrected chi connectivity index (χ2v) is 5.47. The van der Waals surface area contributed by atoms with E-state index < -0.39 is 0 Å². The van der Waals surface area contributed by atoms with Crippen molar-refractivity contribution < 1.29 is 0 Å². The first-order valence-electron chi connectivity index (χ1n) is 6.33. The van der Waals surface area contributed by atoms with Crippen LogP contribution in [0.2, 0.25) is 5.02 Å². The fourth-order valence-corrected chi connectivity index (χ4v) is 2.83. The van der Waals surface area contributed by atoms with E-state index in [1.807, 2.05) is 12.1 Å². The molecule has 2 rings (SSSR count). The van der Waals surface area contributed by atoms with Gasteiger partial charge in [-0.15, -0.1) is 0 Å². The number of hydrogen-bond acceptors (Lipinski definition) is 2. The third-order valence-electron chi connectivity index (χ3n) is 3.91. The maximum absolute atomic E-state index is 6.17. The van der Waals surface area contributed by atoms with Gasteiger partial charge >= 0.3 is 0 Å². The fourth-order valence-electron chi connectivity index (χ4n) is 2.66. The first-order chi connectivity index (χ1) is 8.09. The molecule has 0 spiro atoms. The highest BCUT2D eigenvalue weighted by molar-refractivity contribution is 6.31. The minimum atomic E-state index is 0.403. The number of benzene rings is 1. The molecule has 0 amide bonds. The largest absolute Gasteiger partial charge is 0.371 e. The SMILES string of the molecule is Cc1c(Cl)cccc1N(C)C1CCC(N)CC1. The van der Waals surface area contributed by atoms with Crippen molar-refractivity contribution in [3.8, 4) is 0 Å². The Morgan fingerprint density at radius 3 is 2.53 bits per heavy atom. The first kappa shape index (κ1) is 12.7. The van der Waals surface area contributed by atoms with Crippen molar-refractivity contribution in [1.82, 2.24) is 0 Å². The summed E-state index contributed by atoms with van der Waals surface area (Å²) in [4.78, 5) is 2.37. The molecule has 2 nitrogen and oxygen atoms in total. The third-order valence-corrected chi connectivity index (χ3v) is 4.32.